The Bertz CT molecular complexity index is 1630. The van der Waals surface area contributed by atoms with Gasteiger partial charge in [-0.05, 0) is 48.8 Å². The Kier molecular flexibility index (Phi) is 13.0. The number of aliphatic hydroxyl groups excluding tert-OH is 1. The predicted molar refractivity (Wildman–Crippen MR) is 184 cm³/mol. The summed E-state index contributed by atoms with van der Waals surface area (Å²) in [5, 5.41) is 17.2. The molecule has 2 aromatic rings. The third-order valence-electron chi connectivity index (χ3n) is 9.12. The van der Waals surface area contributed by atoms with Crippen molar-refractivity contribution < 1.29 is 51.5 Å². The molecule has 3 aliphatic rings. The van der Waals surface area contributed by atoms with E-state index in [1.165, 1.54) is 16.4 Å². The SMILES string of the molecule is C#CCOC(=O)NCCCCC(C)(C)CN(C[C@@H](O)[C@H](Cc1ccccc1)NC(=O)O[C@H]1CO[C@H]2OCC[C@H]21)S(=O)(=O)c1ccc2c(c1)OCO2. The minimum atomic E-state index is -4.20. The number of sulfonamides is 1. The van der Waals surface area contributed by atoms with Gasteiger partial charge in [0.2, 0.25) is 16.8 Å². The topological polar surface area (TPSA) is 171 Å². The summed E-state index contributed by atoms with van der Waals surface area (Å²) in [5.74, 6) is 2.90. The van der Waals surface area contributed by atoms with E-state index < -0.39 is 52.2 Å². The van der Waals surface area contributed by atoms with E-state index in [9.17, 15) is 23.1 Å². The highest BCUT2D eigenvalue weighted by atomic mass is 32.2. The Morgan fingerprint density at radius 2 is 1.88 bits per heavy atom. The molecular formula is C36H47N3O11S. The molecule has 0 aromatic heterocycles. The first-order chi connectivity index (χ1) is 24.4. The number of carbonyl (C=O) groups excluding carboxylic acids is 2. The molecule has 5 atom stereocenters. The third-order valence-corrected chi connectivity index (χ3v) is 10.9. The first-order valence-electron chi connectivity index (χ1n) is 17.1. The van der Waals surface area contributed by atoms with Gasteiger partial charge in [-0.3, -0.25) is 0 Å². The Morgan fingerprint density at radius 3 is 2.67 bits per heavy atom. The Balaban J connectivity index is 1.31. The second-order valence-corrected chi connectivity index (χ2v) is 15.6. The molecule has 0 radical (unpaired) electrons. The second kappa shape index (κ2) is 17.4. The number of terminal acetylenes is 1. The number of hydrogen-bond donors (Lipinski definition) is 3. The number of alkyl carbamates (subject to hydrolysis) is 2. The number of nitrogens with zero attached hydrogens (tertiary/aromatic N) is 1. The molecule has 5 rings (SSSR count). The van der Waals surface area contributed by atoms with Crippen molar-refractivity contribution in [1.29, 1.82) is 0 Å². The van der Waals surface area contributed by atoms with Gasteiger partial charge >= 0.3 is 12.2 Å². The zero-order valence-corrected chi connectivity index (χ0v) is 29.8. The molecule has 2 amide bonds. The summed E-state index contributed by atoms with van der Waals surface area (Å²) in [6.07, 6.45) is 4.36. The van der Waals surface area contributed by atoms with Crippen molar-refractivity contribution in [2.24, 2.45) is 11.3 Å². The van der Waals surface area contributed by atoms with Crippen molar-refractivity contribution in [1.82, 2.24) is 14.9 Å². The highest BCUT2D eigenvalue weighted by Crippen LogP contribution is 2.36. The fourth-order valence-corrected chi connectivity index (χ4v) is 8.09. The van der Waals surface area contributed by atoms with Crippen LogP contribution < -0.4 is 20.1 Å². The van der Waals surface area contributed by atoms with Gasteiger partial charge in [0.1, 0.15) is 6.10 Å². The molecule has 14 nitrogen and oxygen atoms in total. The van der Waals surface area contributed by atoms with E-state index >= 15 is 0 Å². The third kappa shape index (κ3) is 10.5. The molecule has 0 saturated carbocycles. The monoisotopic (exact) mass is 729 g/mol. The summed E-state index contributed by atoms with van der Waals surface area (Å²) in [6.45, 7) is 4.55. The summed E-state index contributed by atoms with van der Waals surface area (Å²) in [6, 6.07) is 12.8. The van der Waals surface area contributed by atoms with Crippen LogP contribution in [0.2, 0.25) is 0 Å². The van der Waals surface area contributed by atoms with Crippen LogP contribution in [0.1, 0.15) is 45.1 Å². The highest BCUT2D eigenvalue weighted by molar-refractivity contribution is 7.89. The molecule has 0 spiro atoms. The zero-order chi connectivity index (χ0) is 36.4. The van der Waals surface area contributed by atoms with E-state index in [0.29, 0.717) is 50.3 Å². The first kappa shape index (κ1) is 38.2. The Hall–Kier alpha value is -4.07. The van der Waals surface area contributed by atoms with Gasteiger partial charge in [-0.1, -0.05) is 56.5 Å². The number of aliphatic hydroxyl groups is 1. The smallest absolute Gasteiger partial charge is 0.408 e. The molecule has 2 saturated heterocycles. The maximum atomic E-state index is 14.3. The van der Waals surface area contributed by atoms with Crippen LogP contribution in [0.4, 0.5) is 9.59 Å². The van der Waals surface area contributed by atoms with Crippen LogP contribution in [0.5, 0.6) is 11.5 Å². The zero-order valence-electron chi connectivity index (χ0n) is 29.0. The van der Waals surface area contributed by atoms with E-state index in [1.54, 1.807) is 6.07 Å². The number of unbranched alkanes of at least 4 members (excludes halogenated alkanes) is 1. The number of ether oxygens (including phenoxy) is 6. The lowest BCUT2D eigenvalue weighted by Crippen LogP contribution is -2.52. The molecule has 3 heterocycles. The van der Waals surface area contributed by atoms with Crippen molar-refractivity contribution in [3.63, 3.8) is 0 Å². The lowest BCUT2D eigenvalue weighted by molar-refractivity contribution is -0.0907. The second-order valence-electron chi connectivity index (χ2n) is 13.6. The maximum absolute atomic E-state index is 14.3. The summed E-state index contributed by atoms with van der Waals surface area (Å²) >= 11 is 0. The molecule has 51 heavy (non-hydrogen) atoms. The van der Waals surface area contributed by atoms with Gasteiger partial charge in [-0.15, -0.1) is 6.42 Å². The number of benzene rings is 2. The van der Waals surface area contributed by atoms with E-state index in [2.05, 4.69) is 16.6 Å². The quantitative estimate of drug-likeness (QED) is 0.161. The van der Waals surface area contributed by atoms with Gasteiger partial charge in [0.05, 0.1) is 36.2 Å². The van der Waals surface area contributed by atoms with Crippen molar-refractivity contribution >= 4 is 22.2 Å². The lowest BCUT2D eigenvalue weighted by Gasteiger charge is -2.35. The number of carbonyl (C=O) groups is 2. The van der Waals surface area contributed by atoms with Crippen LogP contribution in [0.3, 0.4) is 0 Å². The highest BCUT2D eigenvalue weighted by Gasteiger charge is 2.44. The van der Waals surface area contributed by atoms with E-state index in [0.717, 1.165) is 5.56 Å². The van der Waals surface area contributed by atoms with E-state index in [-0.39, 0.29) is 50.3 Å². The number of hydrogen-bond acceptors (Lipinski definition) is 11. The minimum Gasteiger partial charge on any atom is -0.454 e. The largest absolute Gasteiger partial charge is 0.454 e. The molecule has 2 fully saturated rings. The maximum Gasteiger partial charge on any atom is 0.408 e. The van der Waals surface area contributed by atoms with Gasteiger partial charge in [-0.25, -0.2) is 18.0 Å². The number of amides is 2. The molecular weight excluding hydrogens is 682 g/mol. The van der Waals surface area contributed by atoms with Crippen molar-refractivity contribution in [2.75, 3.05) is 46.2 Å². The number of rotatable bonds is 17. The average Bonchev–Trinajstić information content (AvgIpc) is 3.86. The molecule has 3 aliphatic heterocycles. The standard InChI is InChI=1S/C36H47N3O11S/c1-4-17-46-34(41)37-16-9-8-15-36(2,3)23-39(51(43,44)26-12-13-30-31(20-26)49-24-48-30)21-29(40)28(19-25-10-6-5-7-11-25)38-35(42)50-32-22-47-33-27(32)14-18-45-33/h1,5-7,10-13,20,27-29,32-33,40H,8-9,14-19,21-24H2,2-3H3,(H,37,41)(H,38,42)/t27-,28-,29+,32-,33+/m0/s1. The van der Waals surface area contributed by atoms with Crippen LogP contribution >= 0.6 is 0 Å². The van der Waals surface area contributed by atoms with Crippen molar-refractivity contribution in [3.05, 3.63) is 54.1 Å². The molecule has 0 unspecified atom stereocenters. The van der Waals surface area contributed by atoms with Gasteiger partial charge in [0.15, 0.2) is 24.4 Å². The Labute approximate surface area is 299 Å². The molecule has 15 heteroatoms. The average molecular weight is 730 g/mol. The fraction of sp³-hybridized carbons (Fsp3) is 0.556. The van der Waals surface area contributed by atoms with Crippen LogP contribution in [-0.2, 0) is 35.4 Å². The molecule has 278 valence electrons. The van der Waals surface area contributed by atoms with Gasteiger partial charge in [-0.2, -0.15) is 4.31 Å². The summed E-state index contributed by atoms with van der Waals surface area (Å²) in [4.78, 5) is 24.9. The van der Waals surface area contributed by atoms with Crippen LogP contribution in [-0.4, -0.2) is 101 Å². The van der Waals surface area contributed by atoms with Gasteiger partial charge in [0, 0.05) is 25.7 Å². The Morgan fingerprint density at radius 1 is 1.10 bits per heavy atom. The molecule has 0 aliphatic carbocycles. The molecule has 0 bridgehead atoms. The van der Waals surface area contributed by atoms with Crippen molar-refractivity contribution in [3.8, 4) is 23.8 Å². The van der Waals surface area contributed by atoms with Crippen LogP contribution in [0, 0.1) is 23.7 Å². The normalized spacial score (nSPS) is 20.6. The van der Waals surface area contributed by atoms with E-state index in [1.807, 2.05) is 44.2 Å². The fourth-order valence-electron chi connectivity index (χ4n) is 6.43. The van der Waals surface area contributed by atoms with Crippen LogP contribution in [0.25, 0.3) is 0 Å². The number of nitrogens with one attached hydrogen (secondary N) is 2. The van der Waals surface area contributed by atoms with Crippen molar-refractivity contribution in [2.45, 2.75) is 75.4 Å². The molecule has 3 N–H and O–H groups in total. The summed E-state index contributed by atoms with van der Waals surface area (Å²) < 4.78 is 62.5. The minimum absolute atomic E-state index is 0.0187. The van der Waals surface area contributed by atoms with E-state index in [4.69, 9.17) is 34.8 Å². The van der Waals surface area contributed by atoms with Crippen LogP contribution in [0.15, 0.2) is 53.4 Å². The number of fused-ring (bicyclic) bond motifs is 2. The first-order valence-corrected chi connectivity index (χ1v) is 18.6. The predicted octanol–water partition coefficient (Wildman–Crippen LogP) is 3.42. The summed E-state index contributed by atoms with van der Waals surface area (Å²) in [7, 11) is -4.20. The lowest BCUT2D eigenvalue weighted by atomic mass is 9.87. The summed E-state index contributed by atoms with van der Waals surface area (Å²) in [5.41, 5.74) is 0.272. The molecule has 2 aromatic carbocycles. The van der Waals surface area contributed by atoms with Gasteiger partial charge < -0.3 is 44.2 Å². The van der Waals surface area contributed by atoms with Gasteiger partial charge in [0.25, 0.3) is 0 Å².